The second-order valence-electron chi connectivity index (χ2n) is 3.41. The summed E-state index contributed by atoms with van der Waals surface area (Å²) in [5, 5.41) is 10.6. The molecule has 1 N–H and O–H groups in total. The Kier molecular flexibility index (Phi) is 3.39. The Morgan fingerprint density at radius 2 is 2.29 bits per heavy atom. The zero-order valence-corrected chi connectivity index (χ0v) is 9.86. The number of rotatable bonds is 3. The Bertz CT molecular complexity index is 539. The van der Waals surface area contributed by atoms with Crippen molar-refractivity contribution in [2.45, 2.75) is 13.5 Å². The van der Waals surface area contributed by atoms with Gasteiger partial charge in [0.1, 0.15) is 0 Å². The molecule has 17 heavy (non-hydrogen) atoms. The summed E-state index contributed by atoms with van der Waals surface area (Å²) in [4.78, 5) is 11.7. The Hall–Kier alpha value is -1.88. The number of nitrogens with one attached hydrogen (secondary N) is 1. The van der Waals surface area contributed by atoms with E-state index in [1.807, 2.05) is 0 Å². The van der Waals surface area contributed by atoms with Crippen molar-refractivity contribution in [1.29, 1.82) is 0 Å². The fourth-order valence-corrected chi connectivity index (χ4v) is 1.49. The molecule has 0 aliphatic rings. The minimum absolute atomic E-state index is 0.201. The summed E-state index contributed by atoms with van der Waals surface area (Å²) < 4.78 is 5.13. The van der Waals surface area contributed by atoms with Crippen LogP contribution in [0.5, 0.6) is 0 Å². The number of aromatic nitrogens is 2. The number of nitrogens with zero attached hydrogens (tertiary/aromatic N) is 2. The molecule has 0 spiro atoms. The number of halogens is 1. The summed E-state index contributed by atoms with van der Waals surface area (Å²) >= 11 is 5.79. The molecule has 1 amide bonds. The summed E-state index contributed by atoms with van der Waals surface area (Å²) in [5.74, 6) is 0.609. The summed E-state index contributed by atoms with van der Waals surface area (Å²) in [6.45, 7) is 1.89. The molecular weight excluding hydrogens is 242 g/mol. The standard InChI is InChI=1S/C11H10ClN3O2/c1-7-14-15-10(17-7)6-13-11(16)8-3-2-4-9(12)5-8/h2-5H,6H2,1H3,(H,13,16). The van der Waals surface area contributed by atoms with E-state index in [1.54, 1.807) is 31.2 Å². The van der Waals surface area contributed by atoms with Gasteiger partial charge in [-0.3, -0.25) is 4.79 Å². The van der Waals surface area contributed by atoms with Crippen LogP contribution in [0.25, 0.3) is 0 Å². The van der Waals surface area contributed by atoms with Crippen LogP contribution in [0.1, 0.15) is 22.1 Å². The van der Waals surface area contributed by atoms with E-state index in [0.29, 0.717) is 22.4 Å². The van der Waals surface area contributed by atoms with Crippen molar-refractivity contribution < 1.29 is 9.21 Å². The first-order valence-electron chi connectivity index (χ1n) is 4.98. The van der Waals surface area contributed by atoms with Crippen LogP contribution in [0.4, 0.5) is 0 Å². The van der Waals surface area contributed by atoms with E-state index in [2.05, 4.69) is 15.5 Å². The van der Waals surface area contributed by atoms with Crippen molar-refractivity contribution >= 4 is 17.5 Å². The molecular formula is C11H10ClN3O2. The molecule has 0 atom stereocenters. The highest BCUT2D eigenvalue weighted by molar-refractivity contribution is 6.30. The number of hydrogen-bond acceptors (Lipinski definition) is 4. The lowest BCUT2D eigenvalue weighted by Crippen LogP contribution is -2.22. The van der Waals surface area contributed by atoms with Crippen LogP contribution in [0.3, 0.4) is 0 Å². The highest BCUT2D eigenvalue weighted by atomic mass is 35.5. The minimum atomic E-state index is -0.233. The van der Waals surface area contributed by atoms with Gasteiger partial charge in [-0.25, -0.2) is 0 Å². The van der Waals surface area contributed by atoms with Gasteiger partial charge in [0, 0.05) is 17.5 Å². The van der Waals surface area contributed by atoms with Crippen molar-refractivity contribution in [3.05, 3.63) is 46.6 Å². The first-order chi connectivity index (χ1) is 8.15. The largest absolute Gasteiger partial charge is 0.424 e. The Morgan fingerprint density at radius 1 is 1.47 bits per heavy atom. The van der Waals surface area contributed by atoms with Gasteiger partial charge < -0.3 is 9.73 Å². The first kappa shape index (κ1) is 11.6. The van der Waals surface area contributed by atoms with Crippen molar-refractivity contribution in [3.63, 3.8) is 0 Å². The van der Waals surface area contributed by atoms with Crippen LogP contribution in [-0.2, 0) is 6.54 Å². The molecule has 5 nitrogen and oxygen atoms in total. The van der Waals surface area contributed by atoms with Crippen LogP contribution in [0.2, 0.25) is 5.02 Å². The molecule has 0 unspecified atom stereocenters. The van der Waals surface area contributed by atoms with Gasteiger partial charge in [-0.05, 0) is 18.2 Å². The zero-order chi connectivity index (χ0) is 12.3. The van der Waals surface area contributed by atoms with Gasteiger partial charge in [-0.15, -0.1) is 10.2 Å². The van der Waals surface area contributed by atoms with Crippen LogP contribution >= 0.6 is 11.6 Å². The monoisotopic (exact) mass is 251 g/mol. The van der Waals surface area contributed by atoms with Gasteiger partial charge in [0.05, 0.1) is 6.54 Å². The van der Waals surface area contributed by atoms with Gasteiger partial charge in [0.25, 0.3) is 5.91 Å². The molecule has 0 radical (unpaired) electrons. The maximum absolute atomic E-state index is 11.7. The van der Waals surface area contributed by atoms with Gasteiger partial charge in [0.15, 0.2) is 0 Å². The maximum Gasteiger partial charge on any atom is 0.251 e. The third-order valence-corrected chi connectivity index (χ3v) is 2.29. The van der Waals surface area contributed by atoms with Crippen LogP contribution in [0, 0.1) is 6.92 Å². The number of aryl methyl sites for hydroxylation is 1. The molecule has 0 saturated heterocycles. The van der Waals surface area contributed by atoms with Crippen molar-refractivity contribution in [3.8, 4) is 0 Å². The lowest BCUT2D eigenvalue weighted by Gasteiger charge is -2.02. The van der Waals surface area contributed by atoms with Gasteiger partial charge in [-0.1, -0.05) is 17.7 Å². The number of carbonyl (C=O) groups is 1. The highest BCUT2D eigenvalue weighted by Gasteiger charge is 2.08. The lowest BCUT2D eigenvalue weighted by atomic mass is 10.2. The molecule has 0 saturated carbocycles. The summed E-state index contributed by atoms with van der Waals surface area (Å²) in [5.41, 5.74) is 0.494. The number of hydrogen-bond donors (Lipinski definition) is 1. The summed E-state index contributed by atoms with van der Waals surface area (Å²) in [7, 11) is 0. The molecule has 1 aromatic carbocycles. The topological polar surface area (TPSA) is 68.0 Å². The molecule has 0 bridgehead atoms. The Morgan fingerprint density at radius 3 is 2.94 bits per heavy atom. The Balaban J connectivity index is 1.98. The molecule has 1 aromatic heterocycles. The van der Waals surface area contributed by atoms with E-state index in [0.717, 1.165) is 0 Å². The van der Waals surface area contributed by atoms with Crippen molar-refractivity contribution in [2.75, 3.05) is 0 Å². The average molecular weight is 252 g/mol. The minimum Gasteiger partial charge on any atom is -0.424 e. The van der Waals surface area contributed by atoms with E-state index in [9.17, 15) is 4.79 Å². The first-order valence-corrected chi connectivity index (χ1v) is 5.36. The molecule has 1 heterocycles. The summed E-state index contributed by atoms with van der Waals surface area (Å²) in [6, 6.07) is 6.70. The van der Waals surface area contributed by atoms with Gasteiger partial charge >= 0.3 is 0 Å². The second-order valence-corrected chi connectivity index (χ2v) is 3.84. The van der Waals surface area contributed by atoms with E-state index in [-0.39, 0.29) is 12.5 Å². The zero-order valence-electron chi connectivity index (χ0n) is 9.11. The molecule has 2 aromatic rings. The predicted octanol–water partition coefficient (Wildman–Crippen LogP) is 1.96. The van der Waals surface area contributed by atoms with Crippen molar-refractivity contribution in [2.24, 2.45) is 0 Å². The lowest BCUT2D eigenvalue weighted by molar-refractivity contribution is 0.0947. The number of benzene rings is 1. The molecule has 2 rings (SSSR count). The quantitative estimate of drug-likeness (QED) is 0.906. The highest BCUT2D eigenvalue weighted by Crippen LogP contribution is 2.10. The van der Waals surface area contributed by atoms with Gasteiger partial charge in [0.2, 0.25) is 11.8 Å². The molecule has 88 valence electrons. The molecule has 6 heteroatoms. The fraction of sp³-hybridized carbons (Fsp3) is 0.182. The van der Waals surface area contributed by atoms with Crippen molar-refractivity contribution in [1.82, 2.24) is 15.5 Å². The second kappa shape index (κ2) is 4.97. The smallest absolute Gasteiger partial charge is 0.251 e. The fourth-order valence-electron chi connectivity index (χ4n) is 1.30. The Labute approximate surface area is 103 Å². The average Bonchev–Trinajstić information content (AvgIpc) is 2.72. The van der Waals surface area contributed by atoms with Crippen LogP contribution < -0.4 is 5.32 Å². The van der Waals surface area contributed by atoms with E-state index >= 15 is 0 Å². The van der Waals surface area contributed by atoms with Gasteiger partial charge in [-0.2, -0.15) is 0 Å². The third kappa shape index (κ3) is 3.04. The summed E-state index contributed by atoms with van der Waals surface area (Å²) in [6.07, 6.45) is 0. The molecule has 0 aliphatic carbocycles. The third-order valence-electron chi connectivity index (χ3n) is 2.05. The molecule has 0 fully saturated rings. The maximum atomic E-state index is 11.7. The number of amides is 1. The van der Waals surface area contributed by atoms with Crippen LogP contribution in [-0.4, -0.2) is 16.1 Å². The normalized spacial score (nSPS) is 10.2. The predicted molar refractivity (Wildman–Crippen MR) is 61.7 cm³/mol. The van der Waals surface area contributed by atoms with E-state index in [4.69, 9.17) is 16.0 Å². The van der Waals surface area contributed by atoms with E-state index in [1.165, 1.54) is 0 Å². The van der Waals surface area contributed by atoms with E-state index < -0.39 is 0 Å². The van der Waals surface area contributed by atoms with Crippen LogP contribution in [0.15, 0.2) is 28.7 Å². The molecule has 0 aliphatic heterocycles. The SMILES string of the molecule is Cc1nnc(CNC(=O)c2cccc(Cl)c2)o1. The number of carbonyl (C=O) groups excluding carboxylic acids is 1.